The first-order valence-corrected chi connectivity index (χ1v) is 7.45. The Morgan fingerprint density at radius 3 is 2.89 bits per heavy atom. The van der Waals surface area contributed by atoms with Gasteiger partial charge in [-0.2, -0.15) is 0 Å². The van der Waals surface area contributed by atoms with Gasteiger partial charge in [-0.25, -0.2) is 0 Å². The van der Waals surface area contributed by atoms with Crippen LogP contribution in [0.4, 0.5) is 0 Å². The highest BCUT2D eigenvalue weighted by Gasteiger charge is 2.13. The molecule has 0 fully saturated rings. The molecule has 1 aliphatic carbocycles. The predicted molar refractivity (Wildman–Crippen MR) is 76.5 cm³/mol. The van der Waals surface area contributed by atoms with Crippen LogP contribution in [0.15, 0.2) is 18.2 Å². The first kappa shape index (κ1) is 14.4. The molecule has 0 saturated carbocycles. The van der Waals surface area contributed by atoms with Crippen LogP contribution in [-0.2, 0) is 12.8 Å². The normalized spacial score (nSPS) is 17.0. The van der Waals surface area contributed by atoms with Crippen LogP contribution >= 0.6 is 0 Å². The van der Waals surface area contributed by atoms with Crippen LogP contribution in [0.1, 0.15) is 37.8 Å². The van der Waals surface area contributed by atoms with Crippen molar-refractivity contribution >= 4 is 0 Å². The second kappa shape index (κ2) is 6.92. The lowest BCUT2D eigenvalue weighted by Gasteiger charge is -2.14. The molecule has 0 heterocycles. The lowest BCUT2D eigenvalue weighted by molar-refractivity contribution is -0.691. The minimum atomic E-state index is -0.401. The van der Waals surface area contributed by atoms with E-state index in [0.717, 1.165) is 18.6 Å². The van der Waals surface area contributed by atoms with Gasteiger partial charge in [-0.15, -0.1) is 0 Å². The number of ether oxygens (including phenoxy) is 1. The van der Waals surface area contributed by atoms with Gasteiger partial charge in [0.15, 0.2) is 0 Å². The Morgan fingerprint density at radius 1 is 1.32 bits per heavy atom. The first-order valence-electron chi connectivity index (χ1n) is 7.45. The fraction of sp³-hybridized carbons (Fsp3) is 0.625. The van der Waals surface area contributed by atoms with Crippen LogP contribution in [0.3, 0.4) is 0 Å². The zero-order valence-corrected chi connectivity index (χ0v) is 12.1. The van der Waals surface area contributed by atoms with Crippen molar-refractivity contribution in [3.8, 4) is 5.75 Å². The fourth-order valence-corrected chi connectivity index (χ4v) is 2.45. The van der Waals surface area contributed by atoms with E-state index in [1.54, 1.807) is 0 Å². The molecule has 3 nitrogen and oxygen atoms in total. The lowest BCUT2D eigenvalue weighted by Crippen LogP contribution is -2.91. The number of nitrogens with two attached hydrogens (primary N) is 1. The van der Waals surface area contributed by atoms with Crippen molar-refractivity contribution in [3.05, 3.63) is 29.3 Å². The molecule has 2 rings (SSSR count). The van der Waals surface area contributed by atoms with Crippen LogP contribution < -0.4 is 10.1 Å². The smallest absolute Gasteiger partial charge is 0.137 e. The van der Waals surface area contributed by atoms with Crippen LogP contribution in [0.2, 0.25) is 0 Å². The van der Waals surface area contributed by atoms with Crippen molar-refractivity contribution in [1.29, 1.82) is 0 Å². The van der Waals surface area contributed by atoms with Crippen molar-refractivity contribution in [2.24, 2.45) is 0 Å². The SMILES string of the molecule is CC[C@H](C)[NH2+]C[C@H](O)COc1ccc2c(c1)CCC2. The zero-order valence-electron chi connectivity index (χ0n) is 12.1. The standard InChI is InChI=1S/C16H25NO2/c1-3-12(2)17-10-15(18)11-19-16-8-7-13-5-4-6-14(13)9-16/h7-9,12,15,17-18H,3-6,10-11H2,1-2H3/p+1/t12-,15-/m0/s1. The number of rotatable bonds is 7. The van der Waals surface area contributed by atoms with E-state index in [-0.39, 0.29) is 0 Å². The number of hydrogen-bond donors (Lipinski definition) is 2. The molecule has 0 radical (unpaired) electrons. The summed E-state index contributed by atoms with van der Waals surface area (Å²) >= 11 is 0. The number of hydrogen-bond acceptors (Lipinski definition) is 2. The molecule has 1 aliphatic rings. The minimum Gasteiger partial charge on any atom is -0.491 e. The van der Waals surface area contributed by atoms with Gasteiger partial charge < -0.3 is 15.2 Å². The fourth-order valence-electron chi connectivity index (χ4n) is 2.45. The van der Waals surface area contributed by atoms with Gasteiger partial charge in [0.25, 0.3) is 0 Å². The maximum Gasteiger partial charge on any atom is 0.137 e. The van der Waals surface area contributed by atoms with E-state index in [4.69, 9.17) is 4.74 Å². The monoisotopic (exact) mass is 264 g/mol. The van der Waals surface area contributed by atoms with Gasteiger partial charge in [0.05, 0.1) is 6.04 Å². The maximum atomic E-state index is 9.89. The number of aliphatic hydroxyl groups is 1. The number of quaternary nitrogens is 1. The highest BCUT2D eigenvalue weighted by atomic mass is 16.5. The third-order valence-corrected chi connectivity index (χ3v) is 3.97. The Labute approximate surface area is 116 Å². The van der Waals surface area contributed by atoms with Gasteiger partial charge >= 0.3 is 0 Å². The van der Waals surface area contributed by atoms with Gasteiger partial charge in [0.2, 0.25) is 0 Å². The first-order chi connectivity index (χ1) is 9.19. The van der Waals surface area contributed by atoms with E-state index in [2.05, 4.69) is 31.3 Å². The second-order valence-electron chi connectivity index (χ2n) is 5.61. The van der Waals surface area contributed by atoms with Crippen molar-refractivity contribution in [3.63, 3.8) is 0 Å². The van der Waals surface area contributed by atoms with E-state index >= 15 is 0 Å². The number of aliphatic hydroxyl groups excluding tert-OH is 1. The summed E-state index contributed by atoms with van der Waals surface area (Å²) in [6.45, 7) is 5.42. The number of fused-ring (bicyclic) bond motifs is 1. The van der Waals surface area contributed by atoms with E-state index in [1.165, 1.54) is 24.0 Å². The Morgan fingerprint density at radius 2 is 2.11 bits per heavy atom. The summed E-state index contributed by atoms with van der Waals surface area (Å²) in [6, 6.07) is 6.88. The number of aryl methyl sites for hydroxylation is 2. The minimum absolute atomic E-state index is 0.381. The van der Waals surface area contributed by atoms with Crippen LogP contribution in [0, 0.1) is 0 Å². The molecule has 2 atom stereocenters. The molecule has 3 N–H and O–H groups in total. The van der Waals surface area contributed by atoms with E-state index in [0.29, 0.717) is 19.2 Å². The highest BCUT2D eigenvalue weighted by Crippen LogP contribution is 2.25. The number of benzene rings is 1. The van der Waals surface area contributed by atoms with Gasteiger partial charge in [-0.3, -0.25) is 0 Å². The summed E-state index contributed by atoms with van der Waals surface area (Å²) < 4.78 is 5.69. The van der Waals surface area contributed by atoms with Crippen molar-refractivity contribution in [2.45, 2.75) is 51.7 Å². The van der Waals surface area contributed by atoms with E-state index in [1.807, 2.05) is 6.07 Å². The molecule has 0 amide bonds. The molecular weight excluding hydrogens is 238 g/mol. The molecule has 0 aromatic heterocycles. The maximum absolute atomic E-state index is 9.89. The molecule has 3 heteroatoms. The van der Waals surface area contributed by atoms with Gasteiger partial charge in [-0.05, 0) is 55.9 Å². The Kier molecular flexibility index (Phi) is 5.23. The topological polar surface area (TPSA) is 46.1 Å². The molecule has 106 valence electrons. The molecule has 0 aliphatic heterocycles. The third-order valence-electron chi connectivity index (χ3n) is 3.97. The average Bonchev–Trinajstić information content (AvgIpc) is 2.89. The van der Waals surface area contributed by atoms with E-state index < -0.39 is 6.10 Å². The molecule has 19 heavy (non-hydrogen) atoms. The Balaban J connectivity index is 1.75. The van der Waals surface area contributed by atoms with Gasteiger partial charge in [0, 0.05) is 0 Å². The quantitative estimate of drug-likeness (QED) is 0.779. The average molecular weight is 264 g/mol. The van der Waals surface area contributed by atoms with Gasteiger partial charge in [-0.1, -0.05) is 13.0 Å². The summed E-state index contributed by atoms with van der Waals surface area (Å²) in [4.78, 5) is 0. The van der Waals surface area contributed by atoms with Crippen LogP contribution in [0.25, 0.3) is 0 Å². The van der Waals surface area contributed by atoms with Crippen molar-refractivity contribution in [2.75, 3.05) is 13.2 Å². The molecule has 1 aromatic carbocycles. The molecule has 0 unspecified atom stereocenters. The molecular formula is C16H26NO2+. The summed E-state index contributed by atoms with van der Waals surface area (Å²) in [5, 5.41) is 12.1. The van der Waals surface area contributed by atoms with Crippen molar-refractivity contribution < 1.29 is 15.2 Å². The molecule has 0 spiro atoms. The summed E-state index contributed by atoms with van der Waals surface area (Å²) in [7, 11) is 0. The zero-order chi connectivity index (χ0) is 13.7. The summed E-state index contributed by atoms with van der Waals surface area (Å²) in [5.41, 5.74) is 2.87. The third kappa shape index (κ3) is 4.22. The highest BCUT2D eigenvalue weighted by molar-refractivity contribution is 5.38. The van der Waals surface area contributed by atoms with Crippen LogP contribution in [0.5, 0.6) is 5.75 Å². The van der Waals surface area contributed by atoms with Crippen molar-refractivity contribution in [1.82, 2.24) is 0 Å². The molecule has 0 saturated heterocycles. The molecule has 1 aromatic rings. The molecule has 0 bridgehead atoms. The summed E-state index contributed by atoms with van der Waals surface area (Å²) in [5.74, 6) is 0.892. The van der Waals surface area contributed by atoms with Crippen LogP contribution in [-0.4, -0.2) is 30.4 Å². The Hall–Kier alpha value is -1.06. The summed E-state index contributed by atoms with van der Waals surface area (Å²) in [6.07, 6.45) is 4.34. The second-order valence-corrected chi connectivity index (χ2v) is 5.61. The Bertz CT molecular complexity index is 406. The van der Waals surface area contributed by atoms with Gasteiger partial charge in [0.1, 0.15) is 25.0 Å². The van der Waals surface area contributed by atoms with E-state index in [9.17, 15) is 5.11 Å². The lowest BCUT2D eigenvalue weighted by atomic mass is 10.1. The largest absolute Gasteiger partial charge is 0.491 e. The predicted octanol–water partition coefficient (Wildman–Crippen LogP) is 1.28.